The van der Waals surface area contributed by atoms with Gasteiger partial charge in [0.05, 0.1) is 0 Å². The number of carbonyl (C=O) groups is 1. The van der Waals surface area contributed by atoms with Crippen LogP contribution in [-0.2, 0) is 9.53 Å². The van der Waals surface area contributed by atoms with Crippen LogP contribution in [0.15, 0.2) is 0 Å². The van der Waals surface area contributed by atoms with E-state index in [4.69, 9.17) is 4.74 Å². The predicted molar refractivity (Wildman–Crippen MR) is 101 cm³/mol. The maximum atomic E-state index is 12.2. The molecule has 2 heteroatoms. The fraction of sp³-hybridized carbons (Fsp3) is 0.955. The highest BCUT2D eigenvalue weighted by Gasteiger charge is 2.62. The van der Waals surface area contributed by atoms with Crippen molar-refractivity contribution >= 4 is 5.97 Å². The second-order valence-electron chi connectivity index (χ2n) is 9.17. The van der Waals surface area contributed by atoms with Crippen LogP contribution in [0.1, 0.15) is 111 Å². The minimum Gasteiger partial charge on any atom is -0.462 e. The van der Waals surface area contributed by atoms with Gasteiger partial charge >= 0.3 is 5.97 Å². The summed E-state index contributed by atoms with van der Waals surface area (Å²) in [5, 5.41) is 0. The van der Waals surface area contributed by atoms with Crippen molar-refractivity contribution in [3.8, 4) is 0 Å². The van der Waals surface area contributed by atoms with Crippen molar-refractivity contribution in [1.29, 1.82) is 0 Å². The highest BCUT2D eigenvalue weighted by Crippen LogP contribution is 2.66. The van der Waals surface area contributed by atoms with E-state index in [-0.39, 0.29) is 17.5 Å². The van der Waals surface area contributed by atoms with Gasteiger partial charge in [0.2, 0.25) is 0 Å². The quantitative estimate of drug-likeness (QED) is 0.311. The van der Waals surface area contributed by atoms with E-state index in [1.165, 1.54) is 64.2 Å². The van der Waals surface area contributed by atoms with Gasteiger partial charge < -0.3 is 4.74 Å². The smallest absolute Gasteiger partial charge is 0.306 e. The minimum absolute atomic E-state index is 0.0486. The van der Waals surface area contributed by atoms with E-state index in [2.05, 4.69) is 27.7 Å². The number of fused-ring (bicyclic) bond motifs is 2. The normalized spacial score (nSPS) is 30.7. The summed E-state index contributed by atoms with van der Waals surface area (Å²) in [6.45, 7) is 9.35. The lowest BCUT2D eigenvalue weighted by Gasteiger charge is -2.38. The molecule has 0 saturated heterocycles. The molecular weight excluding hydrogens is 296 g/mol. The Labute approximate surface area is 150 Å². The van der Waals surface area contributed by atoms with Crippen LogP contribution < -0.4 is 0 Å². The topological polar surface area (TPSA) is 26.3 Å². The molecule has 0 aromatic rings. The van der Waals surface area contributed by atoms with E-state index >= 15 is 0 Å². The molecule has 0 amide bonds. The number of rotatable bonds is 11. The van der Waals surface area contributed by atoms with Crippen molar-refractivity contribution in [3.05, 3.63) is 0 Å². The summed E-state index contributed by atoms with van der Waals surface area (Å²) in [4.78, 5) is 12.2. The van der Waals surface area contributed by atoms with Gasteiger partial charge in [-0.3, -0.25) is 4.79 Å². The van der Waals surface area contributed by atoms with Crippen LogP contribution >= 0.6 is 0 Å². The molecule has 2 aliphatic rings. The molecule has 3 atom stereocenters. The molecule has 0 aromatic heterocycles. The lowest BCUT2D eigenvalue weighted by Crippen LogP contribution is -2.38. The Balaban J connectivity index is 1.55. The van der Waals surface area contributed by atoms with Crippen molar-refractivity contribution < 1.29 is 9.53 Å². The van der Waals surface area contributed by atoms with Crippen LogP contribution in [0.2, 0.25) is 0 Å². The Hall–Kier alpha value is -0.530. The van der Waals surface area contributed by atoms with Crippen molar-refractivity contribution in [2.45, 2.75) is 117 Å². The molecule has 2 nitrogen and oxygen atoms in total. The van der Waals surface area contributed by atoms with Crippen molar-refractivity contribution in [3.63, 3.8) is 0 Å². The molecular formula is C22H40O2. The zero-order valence-electron chi connectivity index (χ0n) is 16.7. The molecule has 2 saturated carbocycles. The van der Waals surface area contributed by atoms with E-state index in [0.29, 0.717) is 11.8 Å². The molecule has 0 N–H and O–H groups in total. The van der Waals surface area contributed by atoms with E-state index in [1.807, 2.05) is 0 Å². The Bertz CT molecular complexity index is 401. The second kappa shape index (κ2) is 8.72. The molecule has 0 spiro atoms. The standard InChI is InChI=1S/C22H40O2/c1-5-6-7-8-9-10-11-12-13-14-20(23)24-19-17-18-15-16-22(19,4)21(18,2)3/h18-19H,5-17H2,1-4H3/t18-,19?,22-/m1/s1. The lowest BCUT2D eigenvalue weighted by molar-refractivity contribution is -0.157. The summed E-state index contributed by atoms with van der Waals surface area (Å²) >= 11 is 0. The summed E-state index contributed by atoms with van der Waals surface area (Å²) in [7, 11) is 0. The Morgan fingerprint density at radius 3 is 2.04 bits per heavy atom. The van der Waals surface area contributed by atoms with Crippen LogP contribution in [0.3, 0.4) is 0 Å². The Morgan fingerprint density at radius 2 is 1.54 bits per heavy atom. The highest BCUT2D eigenvalue weighted by molar-refractivity contribution is 5.69. The van der Waals surface area contributed by atoms with E-state index < -0.39 is 0 Å². The van der Waals surface area contributed by atoms with Gasteiger partial charge in [0.1, 0.15) is 6.10 Å². The van der Waals surface area contributed by atoms with Gasteiger partial charge in [-0.2, -0.15) is 0 Å². The first kappa shape index (κ1) is 19.8. The van der Waals surface area contributed by atoms with Crippen LogP contribution in [0.4, 0.5) is 0 Å². The Morgan fingerprint density at radius 1 is 0.958 bits per heavy atom. The van der Waals surface area contributed by atoms with E-state index in [0.717, 1.165) is 18.8 Å². The van der Waals surface area contributed by atoms with Crippen molar-refractivity contribution in [2.75, 3.05) is 0 Å². The maximum absolute atomic E-state index is 12.2. The number of unbranched alkanes of at least 4 members (excludes halogenated alkanes) is 8. The van der Waals surface area contributed by atoms with E-state index in [1.54, 1.807) is 0 Å². The molecule has 2 fully saturated rings. The molecule has 2 bridgehead atoms. The SMILES string of the molecule is CCCCCCCCCCCC(=O)OC1C[C@H]2CC[C@@]1(C)C2(C)C. The third kappa shape index (κ3) is 4.35. The largest absolute Gasteiger partial charge is 0.462 e. The number of hydrogen-bond acceptors (Lipinski definition) is 2. The number of carbonyl (C=O) groups excluding carboxylic acids is 1. The minimum atomic E-state index is 0.0486. The monoisotopic (exact) mass is 336 g/mol. The molecule has 2 aliphatic carbocycles. The molecule has 0 radical (unpaired) electrons. The molecule has 0 aromatic carbocycles. The zero-order chi connectivity index (χ0) is 17.6. The summed E-state index contributed by atoms with van der Waals surface area (Å²) in [6.07, 6.45) is 16.0. The van der Waals surface area contributed by atoms with Gasteiger partial charge in [-0.25, -0.2) is 0 Å². The van der Waals surface area contributed by atoms with Crippen molar-refractivity contribution in [2.24, 2.45) is 16.7 Å². The molecule has 2 rings (SSSR count). The van der Waals surface area contributed by atoms with Crippen LogP contribution in [-0.4, -0.2) is 12.1 Å². The van der Waals surface area contributed by atoms with Gasteiger partial charge in [-0.05, 0) is 37.0 Å². The first-order chi connectivity index (χ1) is 11.4. The number of ether oxygens (including phenoxy) is 1. The lowest BCUT2D eigenvalue weighted by atomic mass is 9.70. The molecule has 0 heterocycles. The van der Waals surface area contributed by atoms with Crippen LogP contribution in [0.5, 0.6) is 0 Å². The third-order valence-corrected chi connectivity index (χ3v) is 7.47. The van der Waals surface area contributed by atoms with Gasteiger partial charge in [0, 0.05) is 11.8 Å². The predicted octanol–water partition coefficient (Wildman–Crippen LogP) is 6.67. The first-order valence-electron chi connectivity index (χ1n) is 10.6. The summed E-state index contributed by atoms with van der Waals surface area (Å²) in [5.74, 6) is 0.792. The van der Waals surface area contributed by atoms with E-state index in [9.17, 15) is 4.79 Å². The molecule has 0 aliphatic heterocycles. The molecule has 1 unspecified atom stereocenters. The number of esters is 1. The molecule has 140 valence electrons. The van der Waals surface area contributed by atoms with Gasteiger partial charge in [-0.1, -0.05) is 79.1 Å². The maximum Gasteiger partial charge on any atom is 0.306 e. The van der Waals surface area contributed by atoms with Gasteiger partial charge in [0.15, 0.2) is 0 Å². The van der Waals surface area contributed by atoms with Gasteiger partial charge in [-0.15, -0.1) is 0 Å². The van der Waals surface area contributed by atoms with Crippen molar-refractivity contribution in [1.82, 2.24) is 0 Å². The fourth-order valence-corrected chi connectivity index (χ4v) is 5.11. The summed E-state index contributed by atoms with van der Waals surface area (Å²) in [5.41, 5.74) is 0.529. The zero-order valence-corrected chi connectivity index (χ0v) is 16.7. The van der Waals surface area contributed by atoms with Crippen LogP contribution in [0, 0.1) is 16.7 Å². The van der Waals surface area contributed by atoms with Gasteiger partial charge in [0.25, 0.3) is 0 Å². The Kier molecular flexibility index (Phi) is 7.19. The fourth-order valence-electron chi connectivity index (χ4n) is 5.11. The average molecular weight is 337 g/mol. The highest BCUT2D eigenvalue weighted by atomic mass is 16.5. The summed E-state index contributed by atoms with van der Waals surface area (Å²) < 4.78 is 5.92. The van der Waals surface area contributed by atoms with Crippen LogP contribution in [0.25, 0.3) is 0 Å². The summed E-state index contributed by atoms with van der Waals surface area (Å²) in [6, 6.07) is 0. The molecule has 24 heavy (non-hydrogen) atoms. The average Bonchev–Trinajstić information content (AvgIpc) is 2.86. The second-order valence-corrected chi connectivity index (χ2v) is 9.17. The first-order valence-corrected chi connectivity index (χ1v) is 10.6. The third-order valence-electron chi connectivity index (χ3n) is 7.47. The number of hydrogen-bond donors (Lipinski definition) is 0.